The fourth-order valence-corrected chi connectivity index (χ4v) is 1.70. The molecule has 0 radical (unpaired) electrons. The smallest absolute Gasteiger partial charge is 0.0499 e. The summed E-state index contributed by atoms with van der Waals surface area (Å²) < 4.78 is 4.99. The molecule has 1 aromatic carbocycles. The minimum Gasteiger partial charge on any atom is -0.396 e. The number of hydrogen-bond acceptors (Lipinski definition) is 2. The van der Waals surface area contributed by atoms with Gasteiger partial charge in [0.15, 0.2) is 0 Å². The van der Waals surface area contributed by atoms with Gasteiger partial charge in [-0.3, -0.25) is 0 Å². The summed E-state index contributed by atoms with van der Waals surface area (Å²) in [5.41, 5.74) is 1.14. The van der Waals surface area contributed by atoms with Crippen LogP contribution >= 0.6 is 11.6 Å². The monoisotopic (exact) mass is 228 g/mol. The fourth-order valence-electron chi connectivity index (χ4n) is 1.57. The summed E-state index contributed by atoms with van der Waals surface area (Å²) in [6.07, 6.45) is 1.90. The highest BCUT2D eigenvalue weighted by atomic mass is 35.5. The van der Waals surface area contributed by atoms with Crippen LogP contribution in [0.25, 0.3) is 0 Å². The van der Waals surface area contributed by atoms with Gasteiger partial charge < -0.3 is 9.84 Å². The number of ether oxygens (including phenoxy) is 1. The zero-order chi connectivity index (χ0) is 11.1. The van der Waals surface area contributed by atoms with Crippen molar-refractivity contribution in [1.82, 2.24) is 0 Å². The van der Waals surface area contributed by atoms with Gasteiger partial charge in [0.25, 0.3) is 0 Å². The second-order valence-electron chi connectivity index (χ2n) is 3.57. The maximum Gasteiger partial charge on any atom is 0.0499 e. The van der Waals surface area contributed by atoms with E-state index in [9.17, 15) is 5.11 Å². The van der Waals surface area contributed by atoms with Crippen LogP contribution in [0.2, 0.25) is 5.02 Å². The molecule has 1 unspecified atom stereocenters. The second kappa shape index (κ2) is 6.83. The second-order valence-corrected chi connectivity index (χ2v) is 4.00. The lowest BCUT2D eigenvalue weighted by Crippen LogP contribution is -2.05. The molecule has 3 heteroatoms. The highest BCUT2D eigenvalue weighted by Gasteiger charge is 2.09. The van der Waals surface area contributed by atoms with E-state index in [4.69, 9.17) is 16.3 Å². The van der Waals surface area contributed by atoms with Crippen molar-refractivity contribution < 1.29 is 9.84 Å². The number of halogens is 1. The molecule has 1 rings (SSSR count). The molecule has 0 aliphatic heterocycles. The van der Waals surface area contributed by atoms with Crippen LogP contribution in [0.15, 0.2) is 24.3 Å². The van der Waals surface area contributed by atoms with Crippen LogP contribution in [-0.4, -0.2) is 25.4 Å². The molecule has 84 valence electrons. The first-order valence-corrected chi connectivity index (χ1v) is 5.51. The standard InChI is InChI=1S/C12H17ClO2/c1-15-8-2-3-11(9-14)10-4-6-12(13)7-5-10/h4-7,11,14H,2-3,8-9H2,1H3. The van der Waals surface area contributed by atoms with Crippen LogP contribution in [-0.2, 0) is 4.74 Å². The van der Waals surface area contributed by atoms with Crippen LogP contribution in [0.5, 0.6) is 0 Å². The minimum absolute atomic E-state index is 0.172. The highest BCUT2D eigenvalue weighted by Crippen LogP contribution is 2.22. The lowest BCUT2D eigenvalue weighted by atomic mass is 9.95. The normalized spacial score (nSPS) is 12.7. The Morgan fingerprint density at radius 3 is 2.53 bits per heavy atom. The first-order valence-electron chi connectivity index (χ1n) is 5.13. The first-order chi connectivity index (χ1) is 7.27. The van der Waals surface area contributed by atoms with E-state index in [2.05, 4.69) is 0 Å². The molecule has 0 spiro atoms. The lowest BCUT2D eigenvalue weighted by Gasteiger charge is -2.14. The van der Waals surface area contributed by atoms with Crippen LogP contribution in [0, 0.1) is 0 Å². The highest BCUT2D eigenvalue weighted by molar-refractivity contribution is 6.30. The Morgan fingerprint density at radius 1 is 1.33 bits per heavy atom. The van der Waals surface area contributed by atoms with Crippen molar-refractivity contribution in [3.05, 3.63) is 34.9 Å². The van der Waals surface area contributed by atoms with Crippen LogP contribution in [0.1, 0.15) is 24.3 Å². The fraction of sp³-hybridized carbons (Fsp3) is 0.500. The van der Waals surface area contributed by atoms with Gasteiger partial charge in [0.1, 0.15) is 0 Å². The van der Waals surface area contributed by atoms with E-state index in [1.165, 1.54) is 0 Å². The summed E-state index contributed by atoms with van der Waals surface area (Å²) in [4.78, 5) is 0. The van der Waals surface area contributed by atoms with Gasteiger partial charge in [0.2, 0.25) is 0 Å². The molecule has 0 aliphatic rings. The average molecular weight is 229 g/mol. The van der Waals surface area contributed by atoms with Crippen molar-refractivity contribution in [3.63, 3.8) is 0 Å². The molecule has 0 heterocycles. The Labute approximate surface area is 95.8 Å². The number of aliphatic hydroxyl groups is 1. The molecule has 1 atom stereocenters. The zero-order valence-electron chi connectivity index (χ0n) is 8.95. The Morgan fingerprint density at radius 2 is 2.00 bits per heavy atom. The van der Waals surface area contributed by atoms with Crippen LogP contribution in [0.3, 0.4) is 0 Å². The van der Waals surface area contributed by atoms with Crippen molar-refractivity contribution in [2.45, 2.75) is 18.8 Å². The van der Waals surface area contributed by atoms with Gasteiger partial charge in [-0.1, -0.05) is 23.7 Å². The summed E-state index contributed by atoms with van der Waals surface area (Å²) in [5.74, 6) is 0.192. The van der Waals surface area contributed by atoms with E-state index >= 15 is 0 Å². The van der Waals surface area contributed by atoms with Gasteiger partial charge in [-0.15, -0.1) is 0 Å². The quantitative estimate of drug-likeness (QED) is 0.759. The van der Waals surface area contributed by atoms with Crippen molar-refractivity contribution in [3.8, 4) is 0 Å². The molecule has 1 aromatic rings. The van der Waals surface area contributed by atoms with Gasteiger partial charge in [0, 0.05) is 31.3 Å². The maximum atomic E-state index is 9.27. The third kappa shape index (κ3) is 4.20. The summed E-state index contributed by atoms with van der Waals surface area (Å²) in [7, 11) is 1.69. The summed E-state index contributed by atoms with van der Waals surface area (Å²) in [6, 6.07) is 7.65. The third-order valence-electron chi connectivity index (χ3n) is 2.46. The molecular weight excluding hydrogens is 212 g/mol. The molecule has 0 aliphatic carbocycles. The zero-order valence-corrected chi connectivity index (χ0v) is 9.70. The Hall–Kier alpha value is -0.570. The molecule has 0 fully saturated rings. The topological polar surface area (TPSA) is 29.5 Å². The van der Waals surface area contributed by atoms with E-state index in [0.717, 1.165) is 30.0 Å². The van der Waals surface area contributed by atoms with Gasteiger partial charge in [0.05, 0.1) is 0 Å². The van der Waals surface area contributed by atoms with E-state index in [1.807, 2.05) is 24.3 Å². The molecule has 15 heavy (non-hydrogen) atoms. The predicted octanol–water partition coefficient (Wildman–Crippen LogP) is 2.84. The van der Waals surface area contributed by atoms with Crippen LogP contribution < -0.4 is 0 Å². The number of methoxy groups -OCH3 is 1. The van der Waals surface area contributed by atoms with Crippen LogP contribution in [0.4, 0.5) is 0 Å². The van der Waals surface area contributed by atoms with Crippen molar-refractivity contribution in [2.75, 3.05) is 20.3 Å². The van der Waals surface area contributed by atoms with E-state index < -0.39 is 0 Å². The third-order valence-corrected chi connectivity index (χ3v) is 2.71. The molecular formula is C12H17ClO2. The van der Waals surface area contributed by atoms with Gasteiger partial charge in [-0.25, -0.2) is 0 Å². The van der Waals surface area contributed by atoms with Crippen molar-refractivity contribution in [1.29, 1.82) is 0 Å². The predicted molar refractivity (Wildman–Crippen MR) is 62.4 cm³/mol. The molecule has 2 nitrogen and oxygen atoms in total. The molecule has 0 aromatic heterocycles. The van der Waals surface area contributed by atoms with Gasteiger partial charge in [-0.2, -0.15) is 0 Å². The number of hydrogen-bond donors (Lipinski definition) is 1. The SMILES string of the molecule is COCCCC(CO)c1ccc(Cl)cc1. The van der Waals surface area contributed by atoms with Gasteiger partial charge >= 0.3 is 0 Å². The Bertz CT molecular complexity index is 271. The largest absolute Gasteiger partial charge is 0.396 e. The summed E-state index contributed by atoms with van der Waals surface area (Å²) in [6.45, 7) is 0.912. The maximum absolute atomic E-state index is 9.27. The molecule has 0 bridgehead atoms. The number of aliphatic hydroxyl groups excluding tert-OH is 1. The Kier molecular flexibility index (Phi) is 5.69. The molecule has 0 saturated heterocycles. The average Bonchev–Trinajstić information content (AvgIpc) is 2.26. The first kappa shape index (κ1) is 12.5. The van der Waals surface area contributed by atoms with Crippen molar-refractivity contribution in [2.24, 2.45) is 0 Å². The molecule has 0 saturated carbocycles. The summed E-state index contributed by atoms with van der Waals surface area (Å²) >= 11 is 5.80. The van der Waals surface area contributed by atoms with Crippen molar-refractivity contribution >= 4 is 11.6 Å². The molecule has 1 N–H and O–H groups in total. The van der Waals surface area contributed by atoms with E-state index in [0.29, 0.717) is 0 Å². The number of benzene rings is 1. The Balaban J connectivity index is 2.53. The minimum atomic E-state index is 0.172. The summed E-state index contributed by atoms with van der Waals surface area (Å²) in [5, 5.41) is 10.0. The molecule has 0 amide bonds. The van der Waals surface area contributed by atoms with E-state index in [-0.39, 0.29) is 12.5 Å². The number of rotatable bonds is 6. The lowest BCUT2D eigenvalue weighted by molar-refractivity contribution is 0.183. The van der Waals surface area contributed by atoms with Gasteiger partial charge in [-0.05, 0) is 30.5 Å². The van der Waals surface area contributed by atoms with E-state index in [1.54, 1.807) is 7.11 Å².